The SMILES string of the molecule is CNc1ccc(C(=O)Nc2cccnn2)cn1. The van der Waals surface area contributed by atoms with E-state index in [0.29, 0.717) is 17.2 Å². The molecular formula is C11H11N5O. The van der Waals surface area contributed by atoms with E-state index in [9.17, 15) is 4.79 Å². The molecule has 2 aromatic rings. The lowest BCUT2D eigenvalue weighted by molar-refractivity contribution is 0.102. The van der Waals surface area contributed by atoms with E-state index in [1.807, 2.05) is 0 Å². The minimum atomic E-state index is -0.263. The van der Waals surface area contributed by atoms with Crippen molar-refractivity contribution in [2.24, 2.45) is 0 Å². The number of carbonyl (C=O) groups is 1. The van der Waals surface area contributed by atoms with E-state index in [4.69, 9.17) is 0 Å². The fraction of sp³-hybridized carbons (Fsp3) is 0.0909. The smallest absolute Gasteiger partial charge is 0.258 e. The van der Waals surface area contributed by atoms with Crippen molar-refractivity contribution in [1.82, 2.24) is 15.2 Å². The fourth-order valence-corrected chi connectivity index (χ4v) is 1.23. The highest BCUT2D eigenvalue weighted by Gasteiger charge is 2.06. The summed E-state index contributed by atoms with van der Waals surface area (Å²) in [6.07, 6.45) is 3.04. The van der Waals surface area contributed by atoms with Gasteiger partial charge in [0.25, 0.3) is 5.91 Å². The number of aromatic nitrogens is 3. The molecule has 0 aliphatic carbocycles. The molecule has 0 saturated carbocycles. The number of carbonyl (C=O) groups excluding carboxylic acids is 1. The van der Waals surface area contributed by atoms with Gasteiger partial charge in [0.1, 0.15) is 5.82 Å². The van der Waals surface area contributed by atoms with Gasteiger partial charge in [-0.2, -0.15) is 5.10 Å². The van der Waals surface area contributed by atoms with Crippen LogP contribution in [0.15, 0.2) is 36.7 Å². The van der Waals surface area contributed by atoms with Crippen LogP contribution in [0.5, 0.6) is 0 Å². The molecule has 1 amide bonds. The zero-order chi connectivity index (χ0) is 12.1. The van der Waals surface area contributed by atoms with Crippen molar-refractivity contribution in [3.63, 3.8) is 0 Å². The third-order valence-corrected chi connectivity index (χ3v) is 2.10. The van der Waals surface area contributed by atoms with Gasteiger partial charge in [0.2, 0.25) is 0 Å². The lowest BCUT2D eigenvalue weighted by Crippen LogP contribution is -2.13. The molecule has 2 rings (SSSR count). The summed E-state index contributed by atoms with van der Waals surface area (Å²) in [6, 6.07) is 6.78. The van der Waals surface area contributed by atoms with Crippen LogP contribution in [-0.4, -0.2) is 28.1 Å². The Kier molecular flexibility index (Phi) is 3.25. The highest BCUT2D eigenvalue weighted by Crippen LogP contribution is 2.06. The Morgan fingerprint density at radius 3 is 2.71 bits per heavy atom. The van der Waals surface area contributed by atoms with E-state index in [1.165, 1.54) is 6.20 Å². The summed E-state index contributed by atoms with van der Waals surface area (Å²) in [6.45, 7) is 0. The van der Waals surface area contributed by atoms with Gasteiger partial charge in [-0.05, 0) is 24.3 Å². The fourth-order valence-electron chi connectivity index (χ4n) is 1.23. The molecular weight excluding hydrogens is 218 g/mol. The summed E-state index contributed by atoms with van der Waals surface area (Å²) in [5.41, 5.74) is 0.467. The second kappa shape index (κ2) is 5.02. The molecule has 0 aromatic carbocycles. The van der Waals surface area contributed by atoms with E-state index in [0.717, 1.165) is 0 Å². The van der Waals surface area contributed by atoms with E-state index in [2.05, 4.69) is 25.8 Å². The number of nitrogens with zero attached hydrogens (tertiary/aromatic N) is 3. The molecule has 0 unspecified atom stereocenters. The standard InChI is InChI=1S/C11H11N5O/c1-12-9-5-4-8(7-13-9)11(17)15-10-3-2-6-14-16-10/h2-7H,1H3,(H,12,13)(H,15,16,17). The van der Waals surface area contributed by atoms with Gasteiger partial charge in [0.05, 0.1) is 5.56 Å². The first-order chi connectivity index (χ1) is 8.29. The van der Waals surface area contributed by atoms with Gasteiger partial charge in [-0.1, -0.05) is 0 Å². The van der Waals surface area contributed by atoms with Gasteiger partial charge in [-0.25, -0.2) is 4.98 Å². The predicted molar refractivity (Wildman–Crippen MR) is 63.8 cm³/mol. The first-order valence-corrected chi connectivity index (χ1v) is 5.02. The predicted octanol–water partition coefficient (Wildman–Crippen LogP) is 1.17. The normalized spacial score (nSPS) is 9.71. The molecule has 2 aromatic heterocycles. The van der Waals surface area contributed by atoms with Gasteiger partial charge < -0.3 is 10.6 Å². The molecule has 0 radical (unpaired) electrons. The van der Waals surface area contributed by atoms with Crippen LogP contribution in [0, 0.1) is 0 Å². The molecule has 0 saturated heterocycles. The Balaban J connectivity index is 2.09. The van der Waals surface area contributed by atoms with Crippen LogP contribution in [0.1, 0.15) is 10.4 Å². The molecule has 2 N–H and O–H groups in total. The summed E-state index contributed by atoms with van der Waals surface area (Å²) < 4.78 is 0. The zero-order valence-electron chi connectivity index (χ0n) is 9.21. The maximum absolute atomic E-state index is 11.8. The van der Waals surface area contributed by atoms with Crippen molar-refractivity contribution in [2.45, 2.75) is 0 Å². The lowest BCUT2D eigenvalue weighted by Gasteiger charge is -2.03. The maximum Gasteiger partial charge on any atom is 0.258 e. The van der Waals surface area contributed by atoms with E-state index in [-0.39, 0.29) is 5.91 Å². The molecule has 0 aliphatic heterocycles. The molecule has 6 heteroatoms. The molecule has 86 valence electrons. The van der Waals surface area contributed by atoms with Crippen LogP contribution in [0.25, 0.3) is 0 Å². The Morgan fingerprint density at radius 1 is 1.24 bits per heavy atom. The van der Waals surface area contributed by atoms with E-state index >= 15 is 0 Å². The molecule has 0 bridgehead atoms. The second-order valence-electron chi connectivity index (χ2n) is 3.25. The Bertz CT molecular complexity index is 497. The number of hydrogen-bond donors (Lipinski definition) is 2. The second-order valence-corrected chi connectivity index (χ2v) is 3.25. The van der Waals surface area contributed by atoms with E-state index < -0.39 is 0 Å². The highest BCUT2D eigenvalue weighted by atomic mass is 16.1. The molecule has 2 heterocycles. The van der Waals surface area contributed by atoms with Gasteiger partial charge >= 0.3 is 0 Å². The molecule has 0 spiro atoms. The van der Waals surface area contributed by atoms with Crippen molar-refractivity contribution >= 4 is 17.5 Å². The number of rotatable bonds is 3. The van der Waals surface area contributed by atoms with E-state index in [1.54, 1.807) is 37.5 Å². The Labute approximate surface area is 98.1 Å². The third kappa shape index (κ3) is 2.75. The Hall–Kier alpha value is -2.50. The lowest BCUT2D eigenvalue weighted by atomic mass is 10.2. The van der Waals surface area contributed by atoms with Crippen molar-refractivity contribution in [1.29, 1.82) is 0 Å². The van der Waals surface area contributed by atoms with Gasteiger partial charge in [-0.3, -0.25) is 4.79 Å². The third-order valence-electron chi connectivity index (χ3n) is 2.10. The average molecular weight is 229 g/mol. The summed E-state index contributed by atoms with van der Waals surface area (Å²) in [4.78, 5) is 15.8. The quantitative estimate of drug-likeness (QED) is 0.825. The van der Waals surface area contributed by atoms with Gasteiger partial charge in [-0.15, -0.1) is 5.10 Å². The minimum absolute atomic E-state index is 0.263. The van der Waals surface area contributed by atoms with Crippen molar-refractivity contribution in [3.05, 3.63) is 42.2 Å². The number of amides is 1. The topological polar surface area (TPSA) is 79.8 Å². The maximum atomic E-state index is 11.8. The molecule has 0 aliphatic rings. The number of anilines is 2. The van der Waals surface area contributed by atoms with Crippen molar-refractivity contribution in [3.8, 4) is 0 Å². The summed E-state index contributed by atoms with van der Waals surface area (Å²) in [7, 11) is 1.77. The molecule has 0 atom stereocenters. The van der Waals surface area contributed by atoms with Crippen LogP contribution in [0.3, 0.4) is 0 Å². The highest BCUT2D eigenvalue weighted by molar-refractivity contribution is 6.03. The first kappa shape index (κ1) is 11.0. The van der Waals surface area contributed by atoms with Crippen LogP contribution in [-0.2, 0) is 0 Å². The van der Waals surface area contributed by atoms with Crippen molar-refractivity contribution < 1.29 is 4.79 Å². The minimum Gasteiger partial charge on any atom is -0.373 e. The molecule has 6 nitrogen and oxygen atoms in total. The van der Waals surface area contributed by atoms with Crippen LogP contribution >= 0.6 is 0 Å². The molecule has 17 heavy (non-hydrogen) atoms. The number of pyridine rings is 1. The monoisotopic (exact) mass is 229 g/mol. The van der Waals surface area contributed by atoms with Crippen LogP contribution < -0.4 is 10.6 Å². The summed E-state index contributed by atoms with van der Waals surface area (Å²) in [5, 5.41) is 12.9. The average Bonchev–Trinajstić information content (AvgIpc) is 2.40. The summed E-state index contributed by atoms with van der Waals surface area (Å²) in [5.74, 6) is 0.858. The van der Waals surface area contributed by atoms with Gasteiger partial charge in [0.15, 0.2) is 5.82 Å². The largest absolute Gasteiger partial charge is 0.373 e. The van der Waals surface area contributed by atoms with Crippen LogP contribution in [0.2, 0.25) is 0 Å². The van der Waals surface area contributed by atoms with Crippen molar-refractivity contribution in [2.75, 3.05) is 17.7 Å². The Morgan fingerprint density at radius 2 is 2.12 bits per heavy atom. The summed E-state index contributed by atoms with van der Waals surface area (Å²) >= 11 is 0. The van der Waals surface area contributed by atoms with Gasteiger partial charge in [0, 0.05) is 19.4 Å². The zero-order valence-corrected chi connectivity index (χ0v) is 9.21. The first-order valence-electron chi connectivity index (χ1n) is 5.02. The number of nitrogens with one attached hydrogen (secondary N) is 2. The van der Waals surface area contributed by atoms with Crippen LogP contribution in [0.4, 0.5) is 11.6 Å². The number of hydrogen-bond acceptors (Lipinski definition) is 5. The molecule has 0 fully saturated rings.